The van der Waals surface area contributed by atoms with Gasteiger partial charge in [0.25, 0.3) is 0 Å². The molecular formula is C6H14S. The van der Waals surface area contributed by atoms with Gasteiger partial charge in [0.15, 0.2) is 0 Å². The monoisotopic (exact) mass is 118 g/mol. The molecule has 0 bridgehead atoms. The Morgan fingerprint density at radius 1 is 1.43 bits per heavy atom. The zero-order chi connectivity index (χ0) is 5.70. The van der Waals surface area contributed by atoms with Crippen molar-refractivity contribution in [2.75, 3.05) is 12.0 Å². The maximum Gasteiger partial charge on any atom is -0.0151 e. The summed E-state index contributed by atoms with van der Waals surface area (Å²) in [5, 5.41) is 2.38. The minimum atomic E-state index is 0.598. The first-order valence-corrected chi connectivity index (χ1v) is 4.62. The largest absolute Gasteiger partial charge is 0.193 e. The van der Waals surface area contributed by atoms with Crippen LogP contribution >= 0.6 is 10.5 Å². The smallest absolute Gasteiger partial charge is 0.0151 e. The van der Waals surface area contributed by atoms with Crippen LogP contribution in [0, 0.1) is 0 Å². The van der Waals surface area contributed by atoms with Gasteiger partial charge in [0.1, 0.15) is 0 Å². The van der Waals surface area contributed by atoms with Crippen LogP contribution in [0.15, 0.2) is 0 Å². The van der Waals surface area contributed by atoms with E-state index in [1.54, 1.807) is 0 Å². The van der Waals surface area contributed by atoms with Gasteiger partial charge in [-0.3, -0.25) is 0 Å². The summed E-state index contributed by atoms with van der Waals surface area (Å²) in [6.45, 7) is 4.43. The lowest BCUT2D eigenvalue weighted by molar-refractivity contribution is 1.35. The molecule has 44 valence electrons. The van der Waals surface area contributed by atoms with Gasteiger partial charge in [-0.2, -0.15) is 10.5 Å². The Hall–Kier alpha value is 0.220. The zero-order valence-corrected chi connectivity index (χ0v) is 6.22. The van der Waals surface area contributed by atoms with Gasteiger partial charge in [0.2, 0.25) is 0 Å². The third-order valence-corrected chi connectivity index (χ3v) is 2.72. The van der Waals surface area contributed by atoms with E-state index in [9.17, 15) is 0 Å². The van der Waals surface area contributed by atoms with Crippen molar-refractivity contribution < 1.29 is 0 Å². The van der Waals surface area contributed by atoms with E-state index in [1.165, 1.54) is 12.2 Å². The van der Waals surface area contributed by atoms with Crippen molar-refractivity contribution >= 4 is 15.9 Å². The van der Waals surface area contributed by atoms with Crippen molar-refractivity contribution in [3.63, 3.8) is 0 Å². The van der Waals surface area contributed by atoms with E-state index in [-0.39, 0.29) is 0 Å². The summed E-state index contributed by atoms with van der Waals surface area (Å²) in [4.78, 5) is 0. The van der Waals surface area contributed by atoms with Crippen molar-refractivity contribution in [1.82, 2.24) is 0 Å². The van der Waals surface area contributed by atoms with Crippen molar-refractivity contribution in [3.8, 4) is 0 Å². The molecule has 1 unspecified atom stereocenters. The lowest BCUT2D eigenvalue weighted by atomic mass is 10.6. The average Bonchev–Trinajstić information content (AvgIpc) is 1.68. The second-order valence-electron chi connectivity index (χ2n) is 1.55. The SMILES string of the molecule is CCC=S(C)CC. The summed E-state index contributed by atoms with van der Waals surface area (Å²) < 4.78 is 0. The summed E-state index contributed by atoms with van der Waals surface area (Å²) in [6.07, 6.45) is 3.51. The van der Waals surface area contributed by atoms with Crippen LogP contribution in [-0.4, -0.2) is 17.4 Å². The molecule has 0 saturated carbocycles. The van der Waals surface area contributed by atoms with Crippen LogP contribution in [-0.2, 0) is 0 Å². The van der Waals surface area contributed by atoms with E-state index in [2.05, 4.69) is 25.5 Å². The Labute approximate surface area is 48.9 Å². The molecular weight excluding hydrogens is 104 g/mol. The van der Waals surface area contributed by atoms with Crippen molar-refractivity contribution in [2.24, 2.45) is 0 Å². The summed E-state index contributed by atoms with van der Waals surface area (Å²) in [6, 6.07) is 0. The van der Waals surface area contributed by atoms with Crippen LogP contribution < -0.4 is 0 Å². The average molecular weight is 118 g/mol. The van der Waals surface area contributed by atoms with Gasteiger partial charge in [0, 0.05) is 0 Å². The van der Waals surface area contributed by atoms with Gasteiger partial charge in [-0.15, -0.1) is 0 Å². The fraction of sp³-hybridized carbons (Fsp3) is 0.833. The molecule has 0 amide bonds. The minimum Gasteiger partial charge on any atom is -0.193 e. The fourth-order valence-corrected chi connectivity index (χ4v) is 1.21. The molecule has 1 atom stereocenters. The molecule has 1 heteroatoms. The van der Waals surface area contributed by atoms with Gasteiger partial charge in [-0.05, 0) is 18.4 Å². The van der Waals surface area contributed by atoms with Crippen LogP contribution in [0.5, 0.6) is 0 Å². The number of hydrogen-bond donors (Lipinski definition) is 0. The first-order chi connectivity index (χ1) is 3.31. The van der Waals surface area contributed by atoms with Gasteiger partial charge in [-0.25, -0.2) is 0 Å². The van der Waals surface area contributed by atoms with Gasteiger partial charge < -0.3 is 0 Å². The zero-order valence-electron chi connectivity index (χ0n) is 5.40. The first kappa shape index (κ1) is 7.22. The van der Waals surface area contributed by atoms with Gasteiger partial charge >= 0.3 is 0 Å². The molecule has 0 aliphatic rings. The van der Waals surface area contributed by atoms with Crippen LogP contribution in [0.3, 0.4) is 0 Å². The summed E-state index contributed by atoms with van der Waals surface area (Å²) in [5.74, 6) is 1.31. The normalized spacial score (nSPS) is 14.7. The highest BCUT2D eigenvalue weighted by Crippen LogP contribution is 2.02. The van der Waals surface area contributed by atoms with Crippen molar-refractivity contribution in [1.29, 1.82) is 0 Å². The van der Waals surface area contributed by atoms with E-state index in [4.69, 9.17) is 0 Å². The molecule has 0 saturated heterocycles. The third kappa shape index (κ3) is 4.07. The van der Waals surface area contributed by atoms with E-state index in [0.717, 1.165) is 0 Å². The predicted molar refractivity (Wildman–Crippen MR) is 40.4 cm³/mol. The topological polar surface area (TPSA) is 0 Å². The third-order valence-electron chi connectivity index (χ3n) is 0.907. The molecule has 0 spiro atoms. The molecule has 0 radical (unpaired) electrons. The number of rotatable bonds is 2. The van der Waals surface area contributed by atoms with Gasteiger partial charge in [0.05, 0.1) is 0 Å². The predicted octanol–water partition coefficient (Wildman–Crippen LogP) is 2.12. The molecule has 0 fully saturated rings. The van der Waals surface area contributed by atoms with Crippen LogP contribution in [0.4, 0.5) is 0 Å². The fourth-order valence-electron chi connectivity index (χ4n) is 0.402. The Balaban J connectivity index is 3.29. The molecule has 0 aliphatic heterocycles. The molecule has 0 aromatic heterocycles. The quantitative estimate of drug-likeness (QED) is 0.487. The lowest BCUT2D eigenvalue weighted by Crippen LogP contribution is -1.73. The van der Waals surface area contributed by atoms with E-state index < -0.39 is 0 Å². The maximum atomic E-state index is 2.38. The molecule has 0 nitrogen and oxygen atoms in total. The van der Waals surface area contributed by atoms with Crippen LogP contribution in [0.25, 0.3) is 0 Å². The molecule has 0 aliphatic carbocycles. The van der Waals surface area contributed by atoms with E-state index >= 15 is 0 Å². The Morgan fingerprint density at radius 3 is 2.14 bits per heavy atom. The maximum absolute atomic E-state index is 2.38. The van der Waals surface area contributed by atoms with Crippen molar-refractivity contribution in [3.05, 3.63) is 0 Å². The minimum absolute atomic E-state index is 0.598. The Morgan fingerprint density at radius 2 is 2.00 bits per heavy atom. The standard InChI is InChI=1S/C6H14S/c1-4-6-7(3)5-2/h6H,4-5H2,1-3H3. The molecule has 0 heterocycles. The second kappa shape index (κ2) is 4.38. The number of hydrogen-bond acceptors (Lipinski definition) is 0. The molecule has 0 N–H and O–H groups in total. The lowest BCUT2D eigenvalue weighted by Gasteiger charge is -1.91. The van der Waals surface area contributed by atoms with E-state index in [0.29, 0.717) is 10.5 Å². The van der Waals surface area contributed by atoms with Crippen LogP contribution in [0.2, 0.25) is 0 Å². The highest BCUT2D eigenvalue weighted by Gasteiger charge is 1.74. The van der Waals surface area contributed by atoms with Crippen LogP contribution in [0.1, 0.15) is 20.3 Å². The highest BCUT2D eigenvalue weighted by molar-refractivity contribution is 8.14. The molecule has 7 heavy (non-hydrogen) atoms. The second-order valence-corrected chi connectivity index (χ2v) is 3.85. The Bertz CT molecular complexity index is 64.6. The first-order valence-electron chi connectivity index (χ1n) is 2.76. The van der Waals surface area contributed by atoms with E-state index in [1.807, 2.05) is 0 Å². The molecule has 0 aromatic carbocycles. The molecule has 0 aromatic rings. The molecule has 0 rings (SSSR count). The summed E-state index contributed by atoms with van der Waals surface area (Å²) in [7, 11) is 0.598. The van der Waals surface area contributed by atoms with Gasteiger partial charge in [-0.1, -0.05) is 19.2 Å². The summed E-state index contributed by atoms with van der Waals surface area (Å²) in [5.41, 5.74) is 0. The summed E-state index contributed by atoms with van der Waals surface area (Å²) >= 11 is 0. The van der Waals surface area contributed by atoms with Crippen molar-refractivity contribution in [2.45, 2.75) is 20.3 Å². The highest BCUT2D eigenvalue weighted by atomic mass is 32.2. The Kier molecular flexibility index (Phi) is 4.52.